The molecule has 304 valence electrons. The molecule has 1 aliphatic rings. The summed E-state index contributed by atoms with van der Waals surface area (Å²) >= 11 is 0. The van der Waals surface area contributed by atoms with E-state index in [1.807, 2.05) is 24.3 Å². The van der Waals surface area contributed by atoms with Crippen LogP contribution in [0.4, 0.5) is 0 Å². The van der Waals surface area contributed by atoms with E-state index in [2.05, 4.69) is 212 Å². The van der Waals surface area contributed by atoms with Crippen molar-refractivity contribution < 1.29 is 0 Å². The number of benzene rings is 6. The third-order valence-electron chi connectivity index (χ3n) is 12.6. The van der Waals surface area contributed by atoms with Crippen LogP contribution in [0, 0.1) is 17.8 Å². The van der Waals surface area contributed by atoms with Crippen LogP contribution in [0.3, 0.4) is 0 Å². The van der Waals surface area contributed by atoms with Gasteiger partial charge in [-0.15, -0.1) is 6.58 Å². The maximum absolute atomic E-state index is 5.51. The van der Waals surface area contributed by atoms with Crippen molar-refractivity contribution in [2.45, 2.75) is 52.5 Å². The fraction of sp³-hybridized carbons (Fsp3) is 0.183. The number of fused-ring (bicyclic) bond motifs is 3. The summed E-state index contributed by atoms with van der Waals surface area (Å²) in [6.07, 6.45) is 9.08. The molecule has 0 N–H and O–H groups in total. The molecule has 0 aromatic heterocycles. The summed E-state index contributed by atoms with van der Waals surface area (Å²) in [4.78, 5) is 5.51. The molecule has 1 aliphatic carbocycles. The highest BCUT2D eigenvalue weighted by Crippen LogP contribution is 2.56. The fourth-order valence-electron chi connectivity index (χ4n) is 8.97. The zero-order chi connectivity index (χ0) is 43.1. The van der Waals surface area contributed by atoms with Gasteiger partial charge in [-0.25, -0.2) is 0 Å². The van der Waals surface area contributed by atoms with Gasteiger partial charge in [-0.3, -0.25) is 4.99 Å². The smallest absolute Gasteiger partial charge is 0.0967 e. The Bertz CT molecular complexity index is 2570. The third-order valence-corrected chi connectivity index (χ3v) is 12.6. The number of rotatable bonds is 16. The topological polar surface area (TPSA) is 12.4 Å². The molecule has 1 heteroatoms. The largest absolute Gasteiger partial charge is 0.272 e. The lowest BCUT2D eigenvalue weighted by Crippen LogP contribution is -2.28. The van der Waals surface area contributed by atoms with Gasteiger partial charge in [0.2, 0.25) is 0 Å². The maximum Gasteiger partial charge on any atom is 0.0967 e. The third kappa shape index (κ3) is 8.57. The van der Waals surface area contributed by atoms with Crippen molar-refractivity contribution in [1.82, 2.24) is 0 Å². The van der Waals surface area contributed by atoms with E-state index < -0.39 is 5.41 Å². The normalized spacial score (nSPS) is 14.6. The van der Waals surface area contributed by atoms with Crippen LogP contribution >= 0.6 is 0 Å². The van der Waals surface area contributed by atoms with Gasteiger partial charge < -0.3 is 0 Å². The van der Waals surface area contributed by atoms with Gasteiger partial charge in [-0.2, -0.15) is 0 Å². The summed E-state index contributed by atoms with van der Waals surface area (Å²) < 4.78 is 0. The predicted molar refractivity (Wildman–Crippen MR) is 264 cm³/mol. The quantitative estimate of drug-likeness (QED) is 0.0525. The van der Waals surface area contributed by atoms with Crippen LogP contribution in [0.1, 0.15) is 91.6 Å². The lowest BCUT2D eigenvalue weighted by molar-refractivity contribution is 0.564. The lowest BCUT2D eigenvalue weighted by Gasteiger charge is -2.34. The number of nitrogens with zero attached hydrogens (tertiary/aromatic N) is 1. The molecule has 7 rings (SSSR count). The summed E-state index contributed by atoms with van der Waals surface area (Å²) in [6.45, 7) is 29.1. The summed E-state index contributed by atoms with van der Waals surface area (Å²) in [5.41, 5.74) is 16.7. The average Bonchev–Trinajstić information content (AvgIpc) is 3.59. The Morgan fingerprint density at radius 3 is 1.74 bits per heavy atom. The lowest BCUT2D eigenvalue weighted by atomic mass is 9.67. The summed E-state index contributed by atoms with van der Waals surface area (Å²) in [7, 11) is 0. The van der Waals surface area contributed by atoms with Crippen LogP contribution in [0.5, 0.6) is 0 Å². The van der Waals surface area contributed by atoms with Gasteiger partial charge in [0.25, 0.3) is 0 Å². The Kier molecular flexibility index (Phi) is 13.1. The SMILES string of the molecule is C=C/C(=N\C(C(=C)CC(=C)c1ccc(/C(=C/C=C(\C)C(C)C)[C@H](C=C)C(C)C)cc1)c1ccc2c(c1)C(c1ccccc1)(c1ccccc1)c1ccccc1-2)c1ccccc1. The van der Waals surface area contributed by atoms with Crippen LogP contribution in [-0.2, 0) is 5.41 Å². The molecule has 6 aromatic rings. The number of allylic oxidation sites excluding steroid dienone is 7. The molecule has 0 saturated carbocycles. The molecule has 2 atom stereocenters. The summed E-state index contributed by atoms with van der Waals surface area (Å²) in [6, 6.07) is 56.5. The first-order valence-corrected chi connectivity index (χ1v) is 21.7. The number of aliphatic imine (C=N–C) groups is 1. The molecule has 1 unspecified atom stereocenters. The minimum atomic E-state index is -0.525. The number of hydrogen-bond acceptors (Lipinski definition) is 1. The first kappa shape index (κ1) is 42.6. The van der Waals surface area contributed by atoms with Gasteiger partial charge in [0, 0.05) is 5.92 Å². The van der Waals surface area contributed by atoms with Gasteiger partial charge in [0.05, 0.1) is 17.2 Å². The molecular formula is C60H59N. The van der Waals surface area contributed by atoms with Gasteiger partial charge >= 0.3 is 0 Å². The van der Waals surface area contributed by atoms with E-state index in [1.165, 1.54) is 50.1 Å². The standard InChI is InChI=1S/C60H59N/c1-10-52(42(5)6)53(37-31-43(7)41(3)4)47-34-32-46(33-35-47)44(8)39-45(9)59(61-58(11-2)48-23-15-12-16-24-48)49-36-38-55-54-29-21-22-30-56(54)60(57(55)40-49,50-25-17-13-18-26-50)51-27-19-14-20-28-51/h10-38,40-42,52,59H,1-2,8-9,39H2,3-7H3/b43-31+,53-37-,61-58+/t52-,59?/m1/s1. The van der Waals surface area contributed by atoms with Crippen LogP contribution in [-0.4, -0.2) is 5.71 Å². The zero-order valence-electron chi connectivity index (χ0n) is 36.6. The van der Waals surface area contributed by atoms with Crippen molar-refractivity contribution in [3.8, 4) is 11.1 Å². The van der Waals surface area contributed by atoms with Gasteiger partial charge in [0.15, 0.2) is 0 Å². The summed E-state index contributed by atoms with van der Waals surface area (Å²) in [5, 5.41) is 0. The van der Waals surface area contributed by atoms with Crippen molar-refractivity contribution in [2.75, 3.05) is 0 Å². The van der Waals surface area contributed by atoms with Gasteiger partial charge in [-0.05, 0) is 104 Å². The molecule has 61 heavy (non-hydrogen) atoms. The molecule has 0 aliphatic heterocycles. The first-order valence-electron chi connectivity index (χ1n) is 21.7. The van der Waals surface area contributed by atoms with Crippen molar-refractivity contribution in [3.05, 3.63) is 264 Å². The highest BCUT2D eigenvalue weighted by atomic mass is 14.8. The minimum absolute atomic E-state index is 0.231. The predicted octanol–water partition coefficient (Wildman–Crippen LogP) is 15.9. The van der Waals surface area contributed by atoms with Crippen molar-refractivity contribution in [1.29, 1.82) is 0 Å². The molecule has 0 bridgehead atoms. The zero-order valence-corrected chi connectivity index (χ0v) is 36.6. The van der Waals surface area contributed by atoms with Gasteiger partial charge in [0.1, 0.15) is 0 Å². The Hall–Kier alpha value is -6.57. The van der Waals surface area contributed by atoms with Crippen LogP contribution in [0.25, 0.3) is 22.3 Å². The number of hydrogen-bond donors (Lipinski definition) is 0. The Morgan fingerprint density at radius 1 is 0.607 bits per heavy atom. The van der Waals surface area contributed by atoms with Gasteiger partial charge in [-0.1, -0.05) is 229 Å². The molecule has 0 fully saturated rings. The van der Waals surface area contributed by atoms with Crippen molar-refractivity contribution >= 4 is 16.9 Å². The fourth-order valence-corrected chi connectivity index (χ4v) is 8.97. The second-order valence-corrected chi connectivity index (χ2v) is 17.0. The highest BCUT2D eigenvalue weighted by Gasteiger charge is 2.46. The van der Waals surface area contributed by atoms with Crippen LogP contribution in [0.15, 0.2) is 224 Å². The van der Waals surface area contributed by atoms with E-state index in [-0.39, 0.29) is 12.0 Å². The van der Waals surface area contributed by atoms with E-state index in [0.717, 1.165) is 33.5 Å². The molecule has 0 saturated heterocycles. The van der Waals surface area contributed by atoms with E-state index in [4.69, 9.17) is 11.6 Å². The molecule has 0 radical (unpaired) electrons. The molecule has 0 amide bonds. The Morgan fingerprint density at radius 2 is 1.16 bits per heavy atom. The highest BCUT2D eigenvalue weighted by molar-refractivity contribution is 6.08. The average molecular weight is 794 g/mol. The van der Waals surface area contributed by atoms with E-state index in [0.29, 0.717) is 18.3 Å². The second kappa shape index (κ2) is 18.8. The Labute approximate surface area is 365 Å². The molecule has 0 spiro atoms. The van der Waals surface area contributed by atoms with Crippen molar-refractivity contribution in [2.24, 2.45) is 22.7 Å². The molecule has 1 nitrogen and oxygen atoms in total. The maximum atomic E-state index is 5.51. The first-order chi connectivity index (χ1) is 29.6. The van der Waals surface area contributed by atoms with Crippen LogP contribution in [0.2, 0.25) is 0 Å². The second-order valence-electron chi connectivity index (χ2n) is 17.0. The van der Waals surface area contributed by atoms with E-state index >= 15 is 0 Å². The Balaban J connectivity index is 1.32. The minimum Gasteiger partial charge on any atom is -0.272 e. The van der Waals surface area contributed by atoms with Crippen molar-refractivity contribution in [3.63, 3.8) is 0 Å². The monoisotopic (exact) mass is 793 g/mol. The van der Waals surface area contributed by atoms with E-state index in [1.54, 1.807) is 0 Å². The van der Waals surface area contributed by atoms with E-state index in [9.17, 15) is 0 Å². The summed E-state index contributed by atoms with van der Waals surface area (Å²) in [5.74, 6) is 1.14. The molecule has 0 heterocycles. The van der Waals surface area contributed by atoms with Crippen LogP contribution < -0.4 is 0 Å². The molecule has 6 aromatic carbocycles. The molecular weight excluding hydrogens is 735 g/mol.